The lowest BCUT2D eigenvalue weighted by Crippen LogP contribution is -2.24. The zero-order valence-corrected chi connectivity index (χ0v) is 11.2. The van der Waals surface area contributed by atoms with Crippen LogP contribution >= 0.6 is 0 Å². The lowest BCUT2D eigenvalue weighted by Gasteiger charge is -2.18. The zero-order chi connectivity index (χ0) is 14.7. The van der Waals surface area contributed by atoms with Crippen LogP contribution in [0.5, 0.6) is 0 Å². The van der Waals surface area contributed by atoms with Gasteiger partial charge in [0.25, 0.3) is 0 Å². The van der Waals surface area contributed by atoms with Gasteiger partial charge in [-0.05, 0) is 31.5 Å². The molecule has 6 nitrogen and oxygen atoms in total. The van der Waals surface area contributed by atoms with Crippen molar-refractivity contribution in [3.63, 3.8) is 0 Å². The summed E-state index contributed by atoms with van der Waals surface area (Å²) >= 11 is 0. The van der Waals surface area contributed by atoms with Gasteiger partial charge in [0, 0.05) is 24.3 Å². The summed E-state index contributed by atoms with van der Waals surface area (Å²) in [6, 6.07) is 4.62. The quantitative estimate of drug-likeness (QED) is 0.851. The number of anilines is 2. The number of carboxylic acids is 1. The van der Waals surface area contributed by atoms with E-state index in [1.807, 2.05) is 0 Å². The van der Waals surface area contributed by atoms with Crippen LogP contribution in [0.15, 0.2) is 18.2 Å². The summed E-state index contributed by atoms with van der Waals surface area (Å²) in [5, 5.41) is 12.0. The monoisotopic (exact) mass is 276 g/mol. The molecular weight excluding hydrogens is 260 g/mol. The Morgan fingerprint density at radius 1 is 1.35 bits per heavy atom. The largest absolute Gasteiger partial charge is 0.478 e. The molecule has 0 radical (unpaired) electrons. The topological polar surface area (TPSA) is 86.7 Å². The van der Waals surface area contributed by atoms with E-state index in [9.17, 15) is 14.4 Å². The fourth-order valence-corrected chi connectivity index (χ4v) is 2.14. The number of hydrogen-bond acceptors (Lipinski definition) is 4. The Morgan fingerprint density at radius 3 is 2.65 bits per heavy atom. The molecule has 0 aromatic heterocycles. The Bertz CT molecular complexity index is 568. The fraction of sp³-hybridized carbons (Fsp3) is 0.357. The van der Waals surface area contributed by atoms with E-state index >= 15 is 0 Å². The van der Waals surface area contributed by atoms with Crippen molar-refractivity contribution < 1.29 is 19.5 Å². The van der Waals surface area contributed by atoms with Crippen LogP contribution in [0.25, 0.3) is 0 Å². The van der Waals surface area contributed by atoms with Gasteiger partial charge in [0.1, 0.15) is 5.78 Å². The third-order valence-electron chi connectivity index (χ3n) is 3.09. The van der Waals surface area contributed by atoms with Crippen LogP contribution in [0.4, 0.5) is 11.4 Å². The number of hydrogen-bond donors (Lipinski definition) is 2. The molecule has 0 aliphatic carbocycles. The van der Waals surface area contributed by atoms with Crippen LogP contribution in [0.2, 0.25) is 0 Å². The average molecular weight is 276 g/mol. The number of rotatable bonds is 5. The maximum absolute atomic E-state index is 11.7. The van der Waals surface area contributed by atoms with Gasteiger partial charge in [0.15, 0.2) is 0 Å². The molecule has 1 aliphatic rings. The second-order valence-electron chi connectivity index (χ2n) is 4.78. The summed E-state index contributed by atoms with van der Waals surface area (Å²) in [7, 11) is 0. The van der Waals surface area contributed by atoms with Gasteiger partial charge in [-0.3, -0.25) is 9.59 Å². The number of carbonyl (C=O) groups is 3. The standard InChI is InChI=1S/C14H16N2O4/c1-9(17)8-15-11-5-10(14(19)20)6-12(7-11)16-4-2-3-13(16)18/h5-7,15H,2-4,8H2,1H3,(H,19,20). The Balaban J connectivity index is 2.32. The number of benzene rings is 1. The Labute approximate surface area is 116 Å². The number of Topliss-reactive ketones (excluding diaryl/α,β-unsaturated/α-hetero) is 1. The minimum atomic E-state index is -1.07. The predicted octanol–water partition coefficient (Wildman–Crippen LogP) is 1.51. The van der Waals surface area contributed by atoms with Crippen LogP contribution in [-0.4, -0.2) is 35.9 Å². The van der Waals surface area contributed by atoms with E-state index in [4.69, 9.17) is 5.11 Å². The number of ketones is 1. The number of nitrogens with one attached hydrogen (secondary N) is 1. The van der Waals surface area contributed by atoms with E-state index in [1.165, 1.54) is 19.1 Å². The minimum Gasteiger partial charge on any atom is -0.478 e. The van der Waals surface area contributed by atoms with Gasteiger partial charge >= 0.3 is 5.97 Å². The highest BCUT2D eigenvalue weighted by Gasteiger charge is 2.23. The predicted molar refractivity (Wildman–Crippen MR) is 74.2 cm³/mol. The number of carbonyl (C=O) groups excluding carboxylic acids is 2. The molecule has 1 heterocycles. The summed E-state index contributed by atoms with van der Waals surface area (Å²) in [6.45, 7) is 2.16. The van der Waals surface area contributed by atoms with E-state index in [0.29, 0.717) is 24.3 Å². The maximum atomic E-state index is 11.7. The highest BCUT2D eigenvalue weighted by molar-refractivity contribution is 5.98. The molecule has 1 saturated heterocycles. The molecular formula is C14H16N2O4. The molecule has 1 aromatic carbocycles. The molecule has 1 aliphatic heterocycles. The van der Waals surface area contributed by atoms with E-state index < -0.39 is 5.97 Å². The first-order chi connectivity index (χ1) is 9.47. The first-order valence-corrected chi connectivity index (χ1v) is 6.39. The third kappa shape index (κ3) is 3.14. The highest BCUT2D eigenvalue weighted by atomic mass is 16.4. The summed E-state index contributed by atoms with van der Waals surface area (Å²) in [5.41, 5.74) is 1.17. The van der Waals surface area contributed by atoms with Gasteiger partial charge in [-0.1, -0.05) is 0 Å². The van der Waals surface area contributed by atoms with Gasteiger partial charge in [0.05, 0.1) is 12.1 Å². The lowest BCUT2D eigenvalue weighted by atomic mass is 10.1. The highest BCUT2D eigenvalue weighted by Crippen LogP contribution is 2.26. The summed E-state index contributed by atoms with van der Waals surface area (Å²) in [5.74, 6) is -1.13. The van der Waals surface area contributed by atoms with Gasteiger partial charge in [0.2, 0.25) is 5.91 Å². The molecule has 0 unspecified atom stereocenters. The van der Waals surface area contributed by atoms with Gasteiger partial charge < -0.3 is 15.3 Å². The number of amides is 1. The molecule has 1 amide bonds. The molecule has 2 rings (SSSR count). The van der Waals surface area contributed by atoms with Crippen LogP contribution in [0.3, 0.4) is 0 Å². The van der Waals surface area contributed by atoms with Crippen LogP contribution in [0, 0.1) is 0 Å². The van der Waals surface area contributed by atoms with Crippen molar-refractivity contribution in [1.29, 1.82) is 0 Å². The average Bonchev–Trinajstić information content (AvgIpc) is 2.82. The first kappa shape index (κ1) is 14.0. The molecule has 0 bridgehead atoms. The molecule has 6 heteroatoms. The molecule has 1 fully saturated rings. The molecule has 0 saturated carbocycles. The van der Waals surface area contributed by atoms with E-state index in [-0.39, 0.29) is 23.8 Å². The SMILES string of the molecule is CC(=O)CNc1cc(C(=O)O)cc(N2CCCC2=O)c1. The first-order valence-electron chi connectivity index (χ1n) is 6.39. The van der Waals surface area contributed by atoms with Crippen molar-refractivity contribution >= 4 is 29.0 Å². The van der Waals surface area contributed by atoms with Crippen molar-refractivity contribution in [3.05, 3.63) is 23.8 Å². The Kier molecular flexibility index (Phi) is 4.02. The van der Waals surface area contributed by atoms with Crippen molar-refractivity contribution in [1.82, 2.24) is 0 Å². The Morgan fingerprint density at radius 2 is 2.10 bits per heavy atom. The smallest absolute Gasteiger partial charge is 0.335 e. The fourth-order valence-electron chi connectivity index (χ4n) is 2.14. The maximum Gasteiger partial charge on any atom is 0.335 e. The second kappa shape index (κ2) is 5.73. The van der Waals surface area contributed by atoms with E-state index in [2.05, 4.69) is 5.32 Å². The molecule has 106 valence electrons. The Hall–Kier alpha value is -2.37. The van der Waals surface area contributed by atoms with Crippen molar-refractivity contribution in [2.45, 2.75) is 19.8 Å². The second-order valence-corrected chi connectivity index (χ2v) is 4.78. The summed E-state index contributed by atoms with van der Waals surface area (Å²) in [4.78, 5) is 35.4. The normalized spacial score (nSPS) is 14.4. The molecule has 0 atom stereocenters. The number of aromatic carboxylic acids is 1. The molecule has 1 aromatic rings. The molecule has 20 heavy (non-hydrogen) atoms. The van der Waals surface area contributed by atoms with Crippen LogP contribution in [-0.2, 0) is 9.59 Å². The number of nitrogens with zero attached hydrogens (tertiary/aromatic N) is 1. The van der Waals surface area contributed by atoms with E-state index in [1.54, 1.807) is 11.0 Å². The van der Waals surface area contributed by atoms with Crippen molar-refractivity contribution in [3.8, 4) is 0 Å². The van der Waals surface area contributed by atoms with Gasteiger partial charge in [-0.15, -0.1) is 0 Å². The summed E-state index contributed by atoms with van der Waals surface area (Å²) < 4.78 is 0. The van der Waals surface area contributed by atoms with Crippen LogP contribution in [0.1, 0.15) is 30.1 Å². The van der Waals surface area contributed by atoms with Crippen LogP contribution < -0.4 is 10.2 Å². The van der Waals surface area contributed by atoms with Gasteiger partial charge in [-0.2, -0.15) is 0 Å². The molecule has 2 N–H and O–H groups in total. The molecule has 0 spiro atoms. The summed E-state index contributed by atoms with van der Waals surface area (Å²) in [6.07, 6.45) is 1.25. The zero-order valence-electron chi connectivity index (χ0n) is 11.2. The lowest BCUT2D eigenvalue weighted by molar-refractivity contribution is -0.117. The van der Waals surface area contributed by atoms with Gasteiger partial charge in [-0.25, -0.2) is 4.79 Å². The minimum absolute atomic E-state index is 0.00921. The third-order valence-corrected chi connectivity index (χ3v) is 3.09. The number of carboxylic acid groups (broad SMARTS) is 1. The van der Waals surface area contributed by atoms with E-state index in [0.717, 1.165) is 6.42 Å². The van der Waals surface area contributed by atoms with Crippen molar-refractivity contribution in [2.24, 2.45) is 0 Å². The van der Waals surface area contributed by atoms with Crippen molar-refractivity contribution in [2.75, 3.05) is 23.3 Å².